The average molecular weight is 483 g/mol. The normalized spacial score (nSPS) is 15.1. The van der Waals surface area contributed by atoms with Gasteiger partial charge in [-0.15, -0.1) is 0 Å². The maximum Gasteiger partial charge on any atom is 0.255 e. The minimum absolute atomic E-state index is 0.217. The topological polar surface area (TPSA) is 102 Å². The maximum atomic E-state index is 13.3. The second-order valence-corrected chi connectivity index (χ2v) is 9.06. The zero-order valence-electron chi connectivity index (χ0n) is 19.8. The highest BCUT2D eigenvalue weighted by Crippen LogP contribution is 2.35. The van der Waals surface area contributed by atoms with Crippen molar-refractivity contribution in [3.8, 4) is 6.07 Å². The lowest BCUT2D eigenvalue weighted by atomic mass is 9.96. The molecule has 35 heavy (non-hydrogen) atoms. The zero-order chi connectivity index (χ0) is 24.8. The fourth-order valence-corrected chi connectivity index (χ4v) is 4.93. The van der Waals surface area contributed by atoms with Crippen molar-refractivity contribution in [3.05, 3.63) is 100 Å². The summed E-state index contributed by atoms with van der Waals surface area (Å²) in [5, 5.41) is 20.3. The van der Waals surface area contributed by atoms with Gasteiger partial charge in [-0.1, -0.05) is 48.5 Å². The first-order chi connectivity index (χ1) is 17.0. The summed E-state index contributed by atoms with van der Waals surface area (Å²) in [6, 6.07) is 22.8. The van der Waals surface area contributed by atoms with Crippen molar-refractivity contribution in [1.82, 2.24) is 15.6 Å². The molecule has 3 N–H and O–H groups in total. The molecule has 0 unspecified atom stereocenters. The number of carbonyl (C=O) groups excluding carboxylic acids is 1. The molecule has 1 aliphatic heterocycles. The van der Waals surface area contributed by atoms with Crippen molar-refractivity contribution in [3.63, 3.8) is 0 Å². The van der Waals surface area contributed by atoms with Crippen LogP contribution in [-0.2, 0) is 11.3 Å². The summed E-state index contributed by atoms with van der Waals surface area (Å²) in [5.41, 5.74) is 5.08. The number of hydrogen-bond donors (Lipinski definition) is 3. The fourth-order valence-electron chi connectivity index (χ4n) is 3.91. The molecule has 1 atom stereocenters. The number of aromatic nitrogens is 1. The number of nitrogens with zero attached hydrogens (tertiary/aromatic N) is 3. The number of rotatable bonds is 6. The first kappa shape index (κ1) is 24.2. The number of aryl methyl sites for hydroxylation is 1. The molecular weight excluding hydrogens is 456 g/mol. The number of carbonyl (C=O) groups is 1. The van der Waals surface area contributed by atoms with Crippen LogP contribution < -0.4 is 16.0 Å². The molecule has 4 rings (SSSR count). The van der Waals surface area contributed by atoms with Gasteiger partial charge < -0.3 is 16.0 Å². The number of nitriles is 1. The molecule has 0 radical (unpaired) electrons. The zero-order valence-corrected chi connectivity index (χ0v) is 20.6. The number of benzene rings is 2. The molecule has 1 amide bonds. The standard InChI is InChI=1S/C27H26N6OS/c1-17-14-20(16-29-3)22(15-28)26(30-17)35-27-31-18(2)23(24(33-27)19-10-6-4-7-11-19)25(34)32-21-12-8-5-9-13-21/h4-14,24,29H,16H2,1-3H3,(H,31,33)(H,32,34)/t24-/m0/s1. The van der Waals surface area contributed by atoms with Crippen LogP contribution in [0.4, 0.5) is 5.69 Å². The maximum absolute atomic E-state index is 13.3. The van der Waals surface area contributed by atoms with Gasteiger partial charge in [0.1, 0.15) is 17.1 Å². The summed E-state index contributed by atoms with van der Waals surface area (Å²) in [4.78, 5) is 22.9. The highest BCUT2D eigenvalue weighted by atomic mass is 32.2. The summed E-state index contributed by atoms with van der Waals surface area (Å²) in [5.74, 6) is -0.217. The number of para-hydroxylation sites is 1. The lowest BCUT2D eigenvalue weighted by molar-refractivity contribution is -0.113. The van der Waals surface area contributed by atoms with Crippen molar-refractivity contribution < 1.29 is 4.79 Å². The Morgan fingerprint density at radius 2 is 1.80 bits per heavy atom. The number of hydrogen-bond acceptors (Lipinski definition) is 7. The predicted molar refractivity (Wildman–Crippen MR) is 140 cm³/mol. The minimum Gasteiger partial charge on any atom is -0.338 e. The van der Waals surface area contributed by atoms with Crippen molar-refractivity contribution in [2.75, 3.05) is 12.4 Å². The van der Waals surface area contributed by atoms with Crippen LogP contribution in [0, 0.1) is 18.3 Å². The molecule has 2 aromatic carbocycles. The number of amidine groups is 1. The highest BCUT2D eigenvalue weighted by Gasteiger charge is 2.30. The van der Waals surface area contributed by atoms with E-state index in [1.807, 2.05) is 87.6 Å². The second kappa shape index (κ2) is 11.0. The number of nitrogens with one attached hydrogen (secondary N) is 3. The third-order valence-electron chi connectivity index (χ3n) is 5.48. The molecule has 0 spiro atoms. The largest absolute Gasteiger partial charge is 0.338 e. The highest BCUT2D eigenvalue weighted by molar-refractivity contribution is 8.13. The number of thioether (sulfide) groups is 1. The van der Waals surface area contributed by atoms with Crippen molar-refractivity contribution >= 4 is 28.5 Å². The van der Waals surface area contributed by atoms with Crippen molar-refractivity contribution in [2.24, 2.45) is 4.99 Å². The summed E-state index contributed by atoms with van der Waals surface area (Å²) in [7, 11) is 1.84. The predicted octanol–water partition coefficient (Wildman–Crippen LogP) is 4.69. The fraction of sp³-hybridized carbons (Fsp3) is 0.185. The van der Waals surface area contributed by atoms with Gasteiger partial charge in [0.05, 0.1) is 11.1 Å². The van der Waals surface area contributed by atoms with E-state index in [1.54, 1.807) is 0 Å². The third kappa shape index (κ3) is 5.60. The third-order valence-corrected chi connectivity index (χ3v) is 6.37. The minimum atomic E-state index is -0.504. The smallest absolute Gasteiger partial charge is 0.255 e. The molecule has 7 nitrogen and oxygen atoms in total. The molecule has 176 valence electrons. The van der Waals surface area contributed by atoms with E-state index in [-0.39, 0.29) is 5.91 Å². The lowest BCUT2D eigenvalue weighted by Crippen LogP contribution is -2.32. The van der Waals surface area contributed by atoms with Gasteiger partial charge in [-0.2, -0.15) is 5.26 Å². The van der Waals surface area contributed by atoms with Gasteiger partial charge in [-0.25, -0.2) is 9.98 Å². The van der Waals surface area contributed by atoms with E-state index in [1.165, 1.54) is 11.8 Å². The van der Waals surface area contributed by atoms with Crippen LogP contribution in [-0.4, -0.2) is 23.1 Å². The molecule has 0 aliphatic carbocycles. The Balaban J connectivity index is 1.70. The molecule has 3 aromatic rings. The molecule has 2 heterocycles. The Bertz CT molecular complexity index is 1330. The van der Waals surface area contributed by atoms with Gasteiger partial charge in [-0.3, -0.25) is 4.79 Å². The van der Waals surface area contributed by atoms with E-state index in [0.29, 0.717) is 39.3 Å². The SMILES string of the molecule is CNCc1cc(C)nc(SC2=N[C@@H](c3ccccc3)C(C(=O)Nc3ccccc3)=C(C)N2)c1C#N. The molecule has 1 aromatic heterocycles. The molecular formula is C27H26N6OS. The van der Waals surface area contributed by atoms with Gasteiger partial charge in [-0.05, 0) is 62.0 Å². The van der Waals surface area contributed by atoms with E-state index in [2.05, 4.69) is 27.0 Å². The number of allylic oxidation sites excluding steroid dienone is 1. The van der Waals surface area contributed by atoms with Crippen molar-refractivity contribution in [2.45, 2.75) is 31.5 Å². The first-order valence-corrected chi connectivity index (χ1v) is 12.0. The Labute approximate surface area is 209 Å². The van der Waals surface area contributed by atoms with Crippen molar-refractivity contribution in [1.29, 1.82) is 5.26 Å². The van der Waals surface area contributed by atoms with Crippen LogP contribution in [0.25, 0.3) is 0 Å². The molecule has 0 bridgehead atoms. The van der Waals surface area contributed by atoms with Crippen LogP contribution in [0.5, 0.6) is 0 Å². The van der Waals surface area contributed by atoms with Crippen LogP contribution in [0.2, 0.25) is 0 Å². The Morgan fingerprint density at radius 1 is 1.11 bits per heavy atom. The van der Waals surface area contributed by atoms with Crippen LogP contribution in [0.15, 0.2) is 88.0 Å². The summed E-state index contributed by atoms with van der Waals surface area (Å²) < 4.78 is 0. The van der Waals surface area contributed by atoms with Crippen LogP contribution in [0.3, 0.4) is 0 Å². The monoisotopic (exact) mass is 482 g/mol. The summed E-state index contributed by atoms with van der Waals surface area (Å²) in [6.45, 7) is 4.34. The molecule has 1 aliphatic rings. The van der Waals surface area contributed by atoms with E-state index in [0.717, 1.165) is 16.8 Å². The van der Waals surface area contributed by atoms with Gasteiger partial charge in [0, 0.05) is 23.6 Å². The summed E-state index contributed by atoms with van der Waals surface area (Å²) in [6.07, 6.45) is 0. The van der Waals surface area contributed by atoms with E-state index < -0.39 is 6.04 Å². The van der Waals surface area contributed by atoms with Gasteiger partial charge >= 0.3 is 0 Å². The average Bonchev–Trinajstić information content (AvgIpc) is 2.85. The van der Waals surface area contributed by atoms with Crippen LogP contribution in [0.1, 0.15) is 35.3 Å². The lowest BCUT2D eigenvalue weighted by Gasteiger charge is -2.26. The Hall–Kier alpha value is -3.93. The van der Waals surface area contributed by atoms with E-state index >= 15 is 0 Å². The second-order valence-electron chi connectivity index (χ2n) is 8.08. The van der Waals surface area contributed by atoms with E-state index in [4.69, 9.17) is 4.99 Å². The van der Waals surface area contributed by atoms with Gasteiger partial charge in [0.15, 0.2) is 5.17 Å². The molecule has 0 fully saturated rings. The number of aliphatic imine (C=N–C) groups is 1. The quantitative estimate of drug-likeness (QED) is 0.471. The van der Waals surface area contributed by atoms with Gasteiger partial charge in [0.25, 0.3) is 5.91 Å². The number of anilines is 1. The number of amides is 1. The molecule has 8 heteroatoms. The first-order valence-electron chi connectivity index (χ1n) is 11.2. The van der Waals surface area contributed by atoms with Crippen LogP contribution >= 0.6 is 11.8 Å². The molecule has 0 saturated carbocycles. The Kier molecular flexibility index (Phi) is 7.60. The van der Waals surface area contributed by atoms with E-state index in [9.17, 15) is 10.1 Å². The Morgan fingerprint density at radius 3 is 2.46 bits per heavy atom. The summed E-state index contributed by atoms with van der Waals surface area (Å²) >= 11 is 1.30. The van der Waals surface area contributed by atoms with Gasteiger partial charge in [0.2, 0.25) is 0 Å². The molecule has 0 saturated heterocycles. The number of pyridine rings is 1.